The molecule has 0 fully saturated rings. The number of carbonyl (C=O) groups excluding carboxylic acids is 1. The molecule has 0 aliphatic rings. The second-order valence-electron chi connectivity index (χ2n) is 5.19. The van der Waals surface area contributed by atoms with Crippen molar-refractivity contribution in [2.45, 2.75) is 36.1 Å². The molecule has 0 radical (unpaired) electrons. The summed E-state index contributed by atoms with van der Waals surface area (Å²) in [6, 6.07) is 5.29. The van der Waals surface area contributed by atoms with E-state index in [1.807, 2.05) is 26.0 Å². The zero-order chi connectivity index (χ0) is 16.4. The van der Waals surface area contributed by atoms with E-state index in [0.29, 0.717) is 15.9 Å². The number of carboxylic acid groups (broad SMARTS) is 1. The molecule has 1 heterocycles. The molecule has 2 rings (SSSR count). The molecular formula is C15H15Cl2N2O2S-. The number of aromatic nitrogens is 2. The third-order valence-electron chi connectivity index (χ3n) is 3.06. The number of imidazole rings is 1. The Morgan fingerprint density at radius 3 is 2.41 bits per heavy atom. The quantitative estimate of drug-likeness (QED) is 0.823. The van der Waals surface area contributed by atoms with Crippen molar-refractivity contribution in [3.8, 4) is 0 Å². The fourth-order valence-corrected chi connectivity index (χ4v) is 3.91. The fraction of sp³-hybridized carbons (Fsp3) is 0.333. The van der Waals surface area contributed by atoms with Gasteiger partial charge in [0.15, 0.2) is 0 Å². The maximum atomic E-state index is 10.9. The van der Waals surface area contributed by atoms with Crippen LogP contribution in [0.2, 0.25) is 10.0 Å². The average Bonchev–Trinajstić information content (AvgIpc) is 2.66. The number of benzene rings is 1. The highest BCUT2D eigenvalue weighted by Gasteiger charge is 2.18. The monoisotopic (exact) mass is 357 g/mol. The van der Waals surface area contributed by atoms with E-state index in [2.05, 4.69) is 4.98 Å². The first-order valence-electron chi connectivity index (χ1n) is 6.67. The third kappa shape index (κ3) is 3.97. The number of hydrogen-bond donors (Lipinski definition) is 0. The first-order valence-corrected chi connectivity index (χ1v) is 8.24. The van der Waals surface area contributed by atoms with Gasteiger partial charge in [-0.1, -0.05) is 48.8 Å². The summed E-state index contributed by atoms with van der Waals surface area (Å²) in [6.07, 6.45) is -0.215. The van der Waals surface area contributed by atoms with E-state index in [1.165, 1.54) is 11.8 Å². The van der Waals surface area contributed by atoms with Gasteiger partial charge in [-0.15, -0.1) is 0 Å². The maximum absolute atomic E-state index is 10.9. The van der Waals surface area contributed by atoms with Gasteiger partial charge >= 0.3 is 0 Å². The molecule has 4 nitrogen and oxygen atoms in total. The van der Waals surface area contributed by atoms with Gasteiger partial charge in [0.1, 0.15) is 10.9 Å². The van der Waals surface area contributed by atoms with Crippen molar-refractivity contribution in [1.82, 2.24) is 9.55 Å². The zero-order valence-corrected chi connectivity index (χ0v) is 14.7. The van der Waals surface area contributed by atoms with E-state index in [1.54, 1.807) is 17.7 Å². The maximum Gasteiger partial charge on any atom is 0.115 e. The van der Waals surface area contributed by atoms with Crippen molar-refractivity contribution in [3.63, 3.8) is 0 Å². The van der Waals surface area contributed by atoms with Crippen LogP contribution in [0.1, 0.15) is 31.3 Å². The van der Waals surface area contributed by atoms with Gasteiger partial charge < -0.3 is 14.5 Å². The summed E-state index contributed by atoms with van der Waals surface area (Å²) in [4.78, 5) is 16.2. The van der Waals surface area contributed by atoms with Crippen molar-refractivity contribution in [2.75, 3.05) is 0 Å². The molecule has 1 aromatic carbocycles. The van der Waals surface area contributed by atoms with Crippen LogP contribution >= 0.6 is 35.0 Å². The number of aliphatic carboxylic acids is 1. The highest BCUT2D eigenvalue weighted by atomic mass is 35.5. The molecule has 0 unspecified atom stereocenters. The lowest BCUT2D eigenvalue weighted by atomic mass is 10.1. The topological polar surface area (TPSA) is 57.9 Å². The molecule has 22 heavy (non-hydrogen) atoms. The number of nitrogens with zero attached hydrogens (tertiary/aromatic N) is 2. The van der Waals surface area contributed by atoms with Crippen molar-refractivity contribution >= 4 is 40.9 Å². The molecule has 0 amide bonds. The molecule has 0 N–H and O–H groups in total. The predicted octanol–water partition coefficient (Wildman–Crippen LogP) is 3.29. The van der Waals surface area contributed by atoms with Crippen LogP contribution in [0, 0.1) is 0 Å². The first-order chi connectivity index (χ1) is 10.3. The summed E-state index contributed by atoms with van der Waals surface area (Å²) >= 11 is 13.5. The molecule has 0 aliphatic heterocycles. The third-order valence-corrected chi connectivity index (χ3v) is 4.64. The Balaban J connectivity index is 2.44. The molecule has 0 saturated carbocycles. The second-order valence-corrected chi connectivity index (χ2v) is 7.12. The molecular weight excluding hydrogens is 343 g/mol. The normalized spacial score (nSPS) is 11.2. The Kier molecular flexibility index (Phi) is 5.42. The lowest BCUT2D eigenvalue weighted by Crippen LogP contribution is -2.25. The summed E-state index contributed by atoms with van der Waals surface area (Å²) in [6.45, 7) is 4.03. The summed E-state index contributed by atoms with van der Waals surface area (Å²) in [7, 11) is 1.80. The molecule has 0 saturated heterocycles. The summed E-state index contributed by atoms with van der Waals surface area (Å²) < 4.78 is 1.78. The van der Waals surface area contributed by atoms with Crippen LogP contribution in [-0.4, -0.2) is 15.5 Å². The molecule has 0 spiro atoms. The smallest absolute Gasteiger partial charge is 0.115 e. The predicted molar refractivity (Wildman–Crippen MR) is 86.6 cm³/mol. The van der Waals surface area contributed by atoms with E-state index in [9.17, 15) is 9.90 Å². The Labute approximate surface area is 143 Å². The minimum atomic E-state index is -1.15. The molecule has 1 aromatic heterocycles. The lowest BCUT2D eigenvalue weighted by molar-refractivity contribution is -0.304. The Bertz CT molecular complexity index is 694. The van der Waals surface area contributed by atoms with Gasteiger partial charge in [-0.25, -0.2) is 4.98 Å². The van der Waals surface area contributed by atoms with Gasteiger partial charge in [0, 0.05) is 34.4 Å². The molecule has 0 bridgehead atoms. The largest absolute Gasteiger partial charge is 0.550 e. The van der Waals surface area contributed by atoms with Gasteiger partial charge in [-0.05, 0) is 24.1 Å². The van der Waals surface area contributed by atoms with E-state index < -0.39 is 5.97 Å². The van der Waals surface area contributed by atoms with Crippen LogP contribution in [0.25, 0.3) is 0 Å². The standard InChI is InChI=1S/C15H16Cl2N2O2S/c1-8(2)14-15(19(3)12(18-14)7-13(20)21)22-11-5-9(16)4-10(17)6-11/h4-6,8H,7H2,1-3H3,(H,20,21)/p-1. The van der Waals surface area contributed by atoms with Gasteiger partial charge in [0.05, 0.1) is 5.69 Å². The van der Waals surface area contributed by atoms with Gasteiger partial charge in [-0.2, -0.15) is 0 Å². The highest BCUT2D eigenvalue weighted by molar-refractivity contribution is 7.99. The Morgan fingerprint density at radius 1 is 1.32 bits per heavy atom. The summed E-state index contributed by atoms with van der Waals surface area (Å²) in [5.74, 6) is -0.510. The van der Waals surface area contributed by atoms with Crippen LogP contribution in [0.3, 0.4) is 0 Å². The highest BCUT2D eigenvalue weighted by Crippen LogP contribution is 2.36. The SMILES string of the molecule is CC(C)c1nc(CC(=O)[O-])n(C)c1Sc1cc(Cl)cc(Cl)c1. The van der Waals surface area contributed by atoms with Gasteiger partial charge in [0.2, 0.25) is 0 Å². The average molecular weight is 358 g/mol. The summed E-state index contributed by atoms with van der Waals surface area (Å²) in [5, 5.41) is 12.8. The van der Waals surface area contributed by atoms with E-state index in [4.69, 9.17) is 23.2 Å². The van der Waals surface area contributed by atoms with Gasteiger partial charge in [-0.3, -0.25) is 0 Å². The number of carbonyl (C=O) groups is 1. The lowest BCUT2D eigenvalue weighted by Gasteiger charge is -2.09. The Hall–Kier alpha value is -1.17. The molecule has 2 aromatic rings. The second kappa shape index (κ2) is 6.94. The minimum Gasteiger partial charge on any atom is -0.550 e. The molecule has 0 aliphatic carbocycles. The van der Waals surface area contributed by atoms with Gasteiger partial charge in [0.25, 0.3) is 0 Å². The zero-order valence-electron chi connectivity index (χ0n) is 12.4. The Morgan fingerprint density at radius 2 is 1.91 bits per heavy atom. The van der Waals surface area contributed by atoms with Crippen molar-refractivity contribution in [1.29, 1.82) is 0 Å². The molecule has 7 heteroatoms. The van der Waals surface area contributed by atoms with Crippen LogP contribution in [0.15, 0.2) is 28.1 Å². The van der Waals surface area contributed by atoms with Crippen LogP contribution < -0.4 is 5.11 Å². The van der Waals surface area contributed by atoms with E-state index in [0.717, 1.165) is 15.6 Å². The van der Waals surface area contributed by atoms with Crippen molar-refractivity contribution < 1.29 is 9.90 Å². The minimum absolute atomic E-state index is 0.166. The number of carboxylic acids is 1. The van der Waals surface area contributed by atoms with Crippen molar-refractivity contribution in [2.24, 2.45) is 7.05 Å². The number of hydrogen-bond acceptors (Lipinski definition) is 4. The number of halogens is 2. The molecule has 118 valence electrons. The van der Waals surface area contributed by atoms with Crippen LogP contribution in [-0.2, 0) is 18.3 Å². The van der Waals surface area contributed by atoms with Crippen LogP contribution in [0.4, 0.5) is 0 Å². The van der Waals surface area contributed by atoms with E-state index in [-0.39, 0.29) is 12.3 Å². The van der Waals surface area contributed by atoms with Crippen molar-refractivity contribution in [3.05, 3.63) is 39.8 Å². The fourth-order valence-electron chi connectivity index (χ4n) is 2.03. The van der Waals surface area contributed by atoms with E-state index >= 15 is 0 Å². The molecule has 0 atom stereocenters. The number of rotatable bonds is 5. The van der Waals surface area contributed by atoms with Crippen LogP contribution in [0.5, 0.6) is 0 Å². The first kappa shape index (κ1) is 17.2. The summed E-state index contributed by atoms with van der Waals surface area (Å²) in [5.41, 5.74) is 0.847.